The van der Waals surface area contributed by atoms with Crippen LogP contribution in [-0.2, 0) is 20.7 Å². The van der Waals surface area contributed by atoms with Crippen LogP contribution in [0, 0.1) is 0 Å². The van der Waals surface area contributed by atoms with E-state index in [1.54, 1.807) is 0 Å². The van der Waals surface area contributed by atoms with Crippen LogP contribution >= 0.6 is 0 Å². The number of esters is 1. The molecule has 2 rings (SSSR count). The zero-order valence-electron chi connectivity index (χ0n) is 15.3. The highest BCUT2D eigenvalue weighted by atomic mass is 19.3. The topological polar surface area (TPSA) is 64.6 Å². The SMILES string of the molecule is CC(OC(=O)/C=C/c1ccc(OC(F)F)cc1)C(=O)NCCc1ccccc1. The smallest absolute Gasteiger partial charge is 0.387 e. The largest absolute Gasteiger partial charge is 0.449 e. The molecule has 28 heavy (non-hydrogen) atoms. The molecule has 0 heterocycles. The van der Waals surface area contributed by atoms with Gasteiger partial charge in [-0.2, -0.15) is 8.78 Å². The van der Waals surface area contributed by atoms with Gasteiger partial charge in [-0.3, -0.25) is 4.79 Å². The van der Waals surface area contributed by atoms with Gasteiger partial charge in [-0.1, -0.05) is 42.5 Å². The van der Waals surface area contributed by atoms with Gasteiger partial charge in [0.05, 0.1) is 0 Å². The third kappa shape index (κ3) is 7.57. The second-order valence-corrected chi connectivity index (χ2v) is 5.89. The first kappa shape index (κ1) is 21.1. The summed E-state index contributed by atoms with van der Waals surface area (Å²) in [6.45, 7) is -0.968. The van der Waals surface area contributed by atoms with Gasteiger partial charge in [-0.15, -0.1) is 0 Å². The van der Waals surface area contributed by atoms with E-state index in [9.17, 15) is 18.4 Å². The minimum Gasteiger partial charge on any atom is -0.449 e. The zero-order chi connectivity index (χ0) is 20.4. The number of carbonyl (C=O) groups is 2. The van der Waals surface area contributed by atoms with Gasteiger partial charge in [-0.25, -0.2) is 4.79 Å². The van der Waals surface area contributed by atoms with Crippen molar-refractivity contribution in [3.05, 3.63) is 71.8 Å². The van der Waals surface area contributed by atoms with Crippen molar-refractivity contribution in [2.75, 3.05) is 6.54 Å². The minimum atomic E-state index is -2.89. The lowest BCUT2D eigenvalue weighted by molar-refractivity contribution is -0.150. The Hall–Kier alpha value is -3.22. The van der Waals surface area contributed by atoms with E-state index >= 15 is 0 Å². The third-order valence-corrected chi connectivity index (χ3v) is 3.74. The van der Waals surface area contributed by atoms with Crippen molar-refractivity contribution in [2.45, 2.75) is 26.1 Å². The van der Waals surface area contributed by atoms with E-state index in [0.717, 1.165) is 11.6 Å². The van der Waals surface area contributed by atoms with Crippen molar-refractivity contribution in [2.24, 2.45) is 0 Å². The number of carbonyl (C=O) groups excluding carboxylic acids is 2. The lowest BCUT2D eigenvalue weighted by Gasteiger charge is -2.12. The Labute approximate surface area is 162 Å². The molecule has 5 nitrogen and oxygen atoms in total. The number of benzene rings is 2. The van der Waals surface area contributed by atoms with E-state index in [-0.39, 0.29) is 11.7 Å². The van der Waals surface area contributed by atoms with E-state index in [0.29, 0.717) is 18.5 Å². The summed E-state index contributed by atoms with van der Waals surface area (Å²) >= 11 is 0. The van der Waals surface area contributed by atoms with Crippen LogP contribution in [0.3, 0.4) is 0 Å². The molecule has 7 heteroatoms. The summed E-state index contributed by atoms with van der Waals surface area (Å²) in [5.74, 6) is -1.04. The summed E-state index contributed by atoms with van der Waals surface area (Å²) in [7, 11) is 0. The number of halogens is 2. The molecule has 0 spiro atoms. The summed E-state index contributed by atoms with van der Waals surface area (Å²) in [5, 5.41) is 2.72. The van der Waals surface area contributed by atoms with Crippen LogP contribution in [0.4, 0.5) is 8.78 Å². The molecule has 0 radical (unpaired) electrons. The van der Waals surface area contributed by atoms with Gasteiger partial charge in [0, 0.05) is 12.6 Å². The summed E-state index contributed by atoms with van der Waals surface area (Å²) in [5.41, 5.74) is 1.69. The maximum atomic E-state index is 12.1. The molecule has 2 aromatic carbocycles. The molecule has 1 unspecified atom stereocenters. The van der Waals surface area contributed by atoms with Crippen molar-refractivity contribution in [3.63, 3.8) is 0 Å². The number of alkyl halides is 2. The molecule has 0 saturated carbocycles. The van der Waals surface area contributed by atoms with Crippen LogP contribution in [-0.4, -0.2) is 31.1 Å². The number of ether oxygens (including phenoxy) is 2. The van der Waals surface area contributed by atoms with Crippen molar-refractivity contribution in [1.29, 1.82) is 0 Å². The fourth-order valence-electron chi connectivity index (χ4n) is 2.31. The molecular formula is C21H21F2NO4. The summed E-state index contributed by atoms with van der Waals surface area (Å²) in [6.07, 6.45) is 2.36. The quantitative estimate of drug-likeness (QED) is 0.526. The number of hydrogen-bond donors (Lipinski definition) is 1. The number of amides is 1. The number of hydrogen-bond acceptors (Lipinski definition) is 4. The Morgan fingerprint density at radius 1 is 1.07 bits per heavy atom. The molecule has 148 valence electrons. The summed E-state index contributed by atoms with van der Waals surface area (Å²) in [4.78, 5) is 23.8. The third-order valence-electron chi connectivity index (χ3n) is 3.74. The fourth-order valence-corrected chi connectivity index (χ4v) is 2.31. The van der Waals surface area contributed by atoms with Crippen molar-refractivity contribution in [1.82, 2.24) is 5.32 Å². The molecule has 0 aliphatic heterocycles. The van der Waals surface area contributed by atoms with Crippen molar-refractivity contribution < 1.29 is 27.8 Å². The molecule has 1 atom stereocenters. The zero-order valence-corrected chi connectivity index (χ0v) is 15.3. The van der Waals surface area contributed by atoms with Gasteiger partial charge in [0.15, 0.2) is 6.10 Å². The maximum Gasteiger partial charge on any atom is 0.387 e. The van der Waals surface area contributed by atoms with Crippen LogP contribution < -0.4 is 10.1 Å². The molecule has 0 aliphatic rings. The van der Waals surface area contributed by atoms with E-state index in [2.05, 4.69) is 10.1 Å². The lowest BCUT2D eigenvalue weighted by Crippen LogP contribution is -2.36. The van der Waals surface area contributed by atoms with Gasteiger partial charge < -0.3 is 14.8 Å². The average molecular weight is 389 g/mol. The van der Waals surface area contributed by atoms with E-state index < -0.39 is 18.7 Å². The molecule has 2 aromatic rings. The second kappa shape index (κ2) is 10.8. The van der Waals surface area contributed by atoms with Gasteiger partial charge in [-0.05, 0) is 42.7 Å². The van der Waals surface area contributed by atoms with E-state index in [1.807, 2.05) is 30.3 Å². The highest BCUT2D eigenvalue weighted by Gasteiger charge is 2.15. The Morgan fingerprint density at radius 2 is 1.75 bits per heavy atom. The van der Waals surface area contributed by atoms with E-state index in [1.165, 1.54) is 37.3 Å². The second-order valence-electron chi connectivity index (χ2n) is 5.89. The Kier molecular flexibility index (Phi) is 8.14. The molecule has 0 bridgehead atoms. The highest BCUT2D eigenvalue weighted by molar-refractivity contribution is 5.90. The van der Waals surface area contributed by atoms with Crippen LogP contribution in [0.5, 0.6) is 5.75 Å². The maximum absolute atomic E-state index is 12.1. The van der Waals surface area contributed by atoms with Gasteiger partial charge in [0.2, 0.25) is 0 Å². The van der Waals surface area contributed by atoms with Gasteiger partial charge >= 0.3 is 12.6 Å². The predicted octanol–water partition coefficient (Wildman–Crippen LogP) is 3.59. The number of rotatable bonds is 9. The normalized spacial score (nSPS) is 12.0. The van der Waals surface area contributed by atoms with Crippen LogP contribution in [0.1, 0.15) is 18.1 Å². The van der Waals surface area contributed by atoms with Crippen molar-refractivity contribution >= 4 is 18.0 Å². The standard InChI is InChI=1S/C21H21F2NO4/c1-15(20(26)24-14-13-16-5-3-2-4-6-16)27-19(25)12-9-17-7-10-18(11-8-17)28-21(22)23/h2-12,15,21H,13-14H2,1H3,(H,24,26)/b12-9+. The molecular weight excluding hydrogens is 368 g/mol. The van der Waals surface area contributed by atoms with Gasteiger partial charge in [0.1, 0.15) is 5.75 Å². The minimum absolute atomic E-state index is 0.0236. The van der Waals surface area contributed by atoms with E-state index in [4.69, 9.17) is 4.74 Å². The molecule has 0 fully saturated rings. The lowest BCUT2D eigenvalue weighted by atomic mass is 10.1. The highest BCUT2D eigenvalue weighted by Crippen LogP contribution is 2.15. The molecule has 0 aliphatic carbocycles. The molecule has 0 aromatic heterocycles. The summed E-state index contributed by atoms with van der Waals surface area (Å²) in [6, 6.07) is 15.4. The Bertz CT molecular complexity index is 792. The van der Waals surface area contributed by atoms with Crippen LogP contribution in [0.15, 0.2) is 60.7 Å². The van der Waals surface area contributed by atoms with Gasteiger partial charge in [0.25, 0.3) is 5.91 Å². The molecule has 1 N–H and O–H groups in total. The Balaban J connectivity index is 1.74. The average Bonchev–Trinajstić information content (AvgIpc) is 2.67. The molecule has 1 amide bonds. The Morgan fingerprint density at radius 3 is 2.39 bits per heavy atom. The first-order valence-electron chi connectivity index (χ1n) is 8.69. The molecule has 0 saturated heterocycles. The first-order chi connectivity index (χ1) is 13.4. The number of nitrogens with one attached hydrogen (secondary N) is 1. The summed E-state index contributed by atoms with van der Waals surface area (Å²) < 4.78 is 33.5. The first-order valence-corrected chi connectivity index (χ1v) is 8.69. The van der Waals surface area contributed by atoms with Crippen LogP contribution in [0.25, 0.3) is 6.08 Å². The monoisotopic (exact) mass is 389 g/mol. The predicted molar refractivity (Wildman–Crippen MR) is 101 cm³/mol. The van der Waals surface area contributed by atoms with Crippen molar-refractivity contribution in [3.8, 4) is 5.75 Å². The fraction of sp³-hybridized carbons (Fsp3) is 0.238. The van der Waals surface area contributed by atoms with Crippen LogP contribution in [0.2, 0.25) is 0 Å².